The molecule has 0 saturated carbocycles. The number of carbonyl (C=O) groups is 2. The second-order valence-corrected chi connectivity index (χ2v) is 6.34. The van der Waals surface area contributed by atoms with Gasteiger partial charge in [0, 0.05) is 24.4 Å². The van der Waals surface area contributed by atoms with Gasteiger partial charge in [-0.3, -0.25) is 4.79 Å². The van der Waals surface area contributed by atoms with Gasteiger partial charge in [-0.15, -0.1) is 0 Å². The second-order valence-electron chi connectivity index (χ2n) is 6.34. The maximum Gasteiger partial charge on any atom is 0.335 e. The summed E-state index contributed by atoms with van der Waals surface area (Å²) in [6.07, 6.45) is 2.96. The zero-order valence-electron chi connectivity index (χ0n) is 15.3. The Balaban J connectivity index is 1.53. The number of carboxylic acid groups (broad SMARTS) is 1. The number of hydrogen-bond acceptors (Lipinski definition) is 5. The monoisotopic (exact) mass is 367 g/mol. The number of carboxylic acids is 1. The van der Waals surface area contributed by atoms with Crippen molar-refractivity contribution in [3.8, 4) is 0 Å². The summed E-state index contributed by atoms with van der Waals surface area (Å²) in [5.41, 5.74) is 3.92. The van der Waals surface area contributed by atoms with Crippen LogP contribution in [-0.4, -0.2) is 43.1 Å². The molecule has 2 heterocycles. The van der Waals surface area contributed by atoms with Gasteiger partial charge in [-0.25, -0.2) is 14.3 Å². The molecule has 2 N–H and O–H groups in total. The Bertz CT molecular complexity index is 996. The topological polar surface area (TPSA) is 109 Å². The van der Waals surface area contributed by atoms with E-state index in [9.17, 15) is 9.59 Å². The van der Waals surface area contributed by atoms with Crippen LogP contribution in [0.1, 0.15) is 39.3 Å². The summed E-state index contributed by atoms with van der Waals surface area (Å²) in [5, 5.41) is 16.0. The zero-order chi connectivity index (χ0) is 19.4. The van der Waals surface area contributed by atoms with Gasteiger partial charge in [0.2, 0.25) is 5.91 Å². The van der Waals surface area contributed by atoms with Gasteiger partial charge in [0.15, 0.2) is 0 Å². The molecular formula is C19H21N5O3. The summed E-state index contributed by atoms with van der Waals surface area (Å²) in [6.45, 7) is 4.31. The molecule has 1 amide bonds. The molecule has 27 heavy (non-hydrogen) atoms. The van der Waals surface area contributed by atoms with Gasteiger partial charge in [0.25, 0.3) is 5.78 Å². The number of nitrogens with one attached hydrogen (secondary N) is 1. The maximum absolute atomic E-state index is 12.2. The molecule has 0 radical (unpaired) electrons. The van der Waals surface area contributed by atoms with Crippen LogP contribution in [0, 0.1) is 13.8 Å². The Labute approximate surface area is 156 Å². The number of carbonyl (C=O) groups excluding carboxylic acids is 1. The number of amides is 1. The normalized spacial score (nSPS) is 10.9. The molecule has 140 valence electrons. The van der Waals surface area contributed by atoms with Crippen molar-refractivity contribution >= 4 is 17.7 Å². The zero-order valence-corrected chi connectivity index (χ0v) is 15.3. The van der Waals surface area contributed by atoms with Gasteiger partial charge in [-0.05, 0) is 49.9 Å². The number of fused-ring (bicyclic) bond motifs is 1. The molecule has 3 aromatic rings. The smallest absolute Gasteiger partial charge is 0.335 e. The molecule has 2 aromatic heterocycles. The molecule has 0 aliphatic heterocycles. The van der Waals surface area contributed by atoms with Crippen molar-refractivity contribution in [3.05, 3.63) is 58.7 Å². The number of nitrogens with zero attached hydrogens (tertiary/aromatic N) is 4. The lowest BCUT2D eigenvalue weighted by Gasteiger charge is -2.10. The van der Waals surface area contributed by atoms with Crippen LogP contribution < -0.4 is 5.32 Å². The highest BCUT2D eigenvalue weighted by Gasteiger charge is 2.12. The van der Waals surface area contributed by atoms with Crippen molar-refractivity contribution in [2.24, 2.45) is 0 Å². The standard InChI is InChI=1S/C19H21N5O3/c1-12-16(13(2)24-19(23-12)21-11-22-24)6-7-17(25)20-9-8-14-4-3-5-15(10-14)18(26)27/h3-5,10-11H,6-9H2,1-2H3,(H,20,25)(H,26,27). The van der Waals surface area contributed by atoms with E-state index < -0.39 is 5.97 Å². The van der Waals surface area contributed by atoms with Crippen molar-refractivity contribution in [3.63, 3.8) is 0 Å². The van der Waals surface area contributed by atoms with Crippen LogP contribution in [0.5, 0.6) is 0 Å². The lowest BCUT2D eigenvalue weighted by molar-refractivity contribution is -0.121. The number of hydrogen-bond donors (Lipinski definition) is 2. The van der Waals surface area contributed by atoms with E-state index in [2.05, 4.69) is 20.4 Å². The van der Waals surface area contributed by atoms with Gasteiger partial charge in [0.05, 0.1) is 5.56 Å². The van der Waals surface area contributed by atoms with Crippen LogP contribution in [-0.2, 0) is 17.6 Å². The lowest BCUT2D eigenvalue weighted by Crippen LogP contribution is -2.26. The van der Waals surface area contributed by atoms with E-state index in [1.165, 1.54) is 6.33 Å². The van der Waals surface area contributed by atoms with E-state index in [-0.39, 0.29) is 11.5 Å². The molecule has 0 aliphatic carbocycles. The third-order valence-corrected chi connectivity index (χ3v) is 4.50. The Morgan fingerprint density at radius 3 is 2.81 bits per heavy atom. The van der Waals surface area contributed by atoms with Crippen LogP contribution in [0.2, 0.25) is 0 Å². The molecule has 3 rings (SSSR count). The highest BCUT2D eigenvalue weighted by atomic mass is 16.4. The minimum absolute atomic E-state index is 0.0538. The predicted octanol–water partition coefficient (Wildman–Crippen LogP) is 1.73. The van der Waals surface area contributed by atoms with Crippen LogP contribution in [0.4, 0.5) is 0 Å². The van der Waals surface area contributed by atoms with E-state index in [4.69, 9.17) is 5.11 Å². The maximum atomic E-state index is 12.2. The Hall–Kier alpha value is -3.29. The third kappa shape index (κ3) is 4.28. The average Bonchev–Trinajstić information content (AvgIpc) is 3.10. The molecule has 8 nitrogen and oxygen atoms in total. The molecule has 0 atom stereocenters. The number of aromatic carboxylic acids is 1. The number of rotatable bonds is 7. The summed E-state index contributed by atoms with van der Waals surface area (Å²) in [7, 11) is 0. The van der Waals surface area contributed by atoms with E-state index in [0.717, 1.165) is 22.5 Å². The fourth-order valence-electron chi connectivity index (χ4n) is 3.05. The Morgan fingerprint density at radius 2 is 2.04 bits per heavy atom. The SMILES string of the molecule is Cc1nc2ncnn2c(C)c1CCC(=O)NCCc1cccc(C(=O)O)c1. The minimum atomic E-state index is -0.954. The van der Waals surface area contributed by atoms with Gasteiger partial charge >= 0.3 is 5.97 Å². The summed E-state index contributed by atoms with van der Waals surface area (Å²) in [6, 6.07) is 6.74. The van der Waals surface area contributed by atoms with Gasteiger partial charge in [0.1, 0.15) is 6.33 Å². The molecule has 0 unspecified atom stereocenters. The summed E-state index contributed by atoms with van der Waals surface area (Å²) < 4.78 is 1.68. The summed E-state index contributed by atoms with van der Waals surface area (Å²) in [5.74, 6) is -0.451. The fourth-order valence-corrected chi connectivity index (χ4v) is 3.05. The minimum Gasteiger partial charge on any atom is -0.478 e. The van der Waals surface area contributed by atoms with Crippen LogP contribution >= 0.6 is 0 Å². The molecule has 0 fully saturated rings. The number of aromatic nitrogens is 4. The first-order valence-corrected chi connectivity index (χ1v) is 8.70. The highest BCUT2D eigenvalue weighted by molar-refractivity contribution is 5.87. The molecule has 0 spiro atoms. The highest BCUT2D eigenvalue weighted by Crippen LogP contribution is 2.14. The molecule has 0 aliphatic rings. The van der Waals surface area contributed by atoms with Gasteiger partial charge in [-0.1, -0.05) is 12.1 Å². The van der Waals surface area contributed by atoms with Crippen molar-refractivity contribution in [1.29, 1.82) is 0 Å². The first-order valence-electron chi connectivity index (χ1n) is 8.70. The largest absolute Gasteiger partial charge is 0.478 e. The van der Waals surface area contributed by atoms with Crippen LogP contribution in [0.25, 0.3) is 5.78 Å². The van der Waals surface area contributed by atoms with Crippen molar-refractivity contribution in [2.45, 2.75) is 33.1 Å². The fraction of sp³-hybridized carbons (Fsp3) is 0.316. The first-order chi connectivity index (χ1) is 13.0. The summed E-state index contributed by atoms with van der Waals surface area (Å²) >= 11 is 0. The molecule has 0 saturated heterocycles. The number of benzene rings is 1. The summed E-state index contributed by atoms with van der Waals surface area (Å²) in [4.78, 5) is 31.6. The predicted molar refractivity (Wildman–Crippen MR) is 98.7 cm³/mol. The average molecular weight is 367 g/mol. The molecular weight excluding hydrogens is 346 g/mol. The van der Waals surface area contributed by atoms with Crippen LogP contribution in [0.15, 0.2) is 30.6 Å². The van der Waals surface area contributed by atoms with Crippen molar-refractivity contribution in [2.75, 3.05) is 6.54 Å². The van der Waals surface area contributed by atoms with Crippen LogP contribution in [0.3, 0.4) is 0 Å². The van der Waals surface area contributed by atoms with E-state index >= 15 is 0 Å². The third-order valence-electron chi connectivity index (χ3n) is 4.50. The molecule has 1 aromatic carbocycles. The number of aryl methyl sites for hydroxylation is 2. The van der Waals surface area contributed by atoms with Crippen molar-refractivity contribution in [1.82, 2.24) is 24.9 Å². The second kappa shape index (κ2) is 7.94. The van der Waals surface area contributed by atoms with E-state index in [1.807, 2.05) is 19.9 Å². The van der Waals surface area contributed by atoms with Gasteiger partial charge in [-0.2, -0.15) is 10.1 Å². The Morgan fingerprint density at radius 1 is 1.22 bits per heavy atom. The van der Waals surface area contributed by atoms with E-state index in [1.54, 1.807) is 22.7 Å². The van der Waals surface area contributed by atoms with E-state index in [0.29, 0.717) is 31.6 Å². The Kier molecular flexibility index (Phi) is 5.44. The van der Waals surface area contributed by atoms with Crippen molar-refractivity contribution < 1.29 is 14.7 Å². The van der Waals surface area contributed by atoms with Gasteiger partial charge < -0.3 is 10.4 Å². The molecule has 0 bridgehead atoms. The molecule has 8 heteroatoms. The first kappa shape index (κ1) is 18.5. The quantitative estimate of drug-likeness (QED) is 0.658. The lowest BCUT2D eigenvalue weighted by atomic mass is 10.1.